The summed E-state index contributed by atoms with van der Waals surface area (Å²) in [5.41, 5.74) is 15.1. The number of anilines is 3. The molecule has 714 valence electrons. The maximum Gasteiger partial charge on any atom is 0.308 e. The smallest absolute Gasteiger partial charge is 0.308 e. The van der Waals surface area contributed by atoms with Crippen LogP contribution < -0.4 is 16.0 Å². The summed E-state index contributed by atoms with van der Waals surface area (Å²) in [4.78, 5) is 79.9. The fraction of sp³-hybridized carbons (Fsp3) is 0.316. The summed E-state index contributed by atoms with van der Waals surface area (Å²) in [5.74, 6) is -3.28. The van der Waals surface area contributed by atoms with Gasteiger partial charge in [-0.15, -0.1) is 0 Å². The number of carbonyl (C=O) groups is 6. The predicted octanol–water partition coefficient (Wildman–Crippen LogP) is 24.7. The van der Waals surface area contributed by atoms with Crippen LogP contribution in [0.1, 0.15) is 219 Å². The first-order valence-electron chi connectivity index (χ1n) is 47.0. The molecule has 0 radical (unpaired) electrons. The molecule has 0 spiro atoms. The van der Waals surface area contributed by atoms with Crippen molar-refractivity contribution in [2.75, 3.05) is 16.0 Å². The largest absolute Gasteiger partial charge is 0.462 e. The number of aromatic nitrogens is 3. The molecule has 2 fully saturated rings. The molecule has 0 saturated carbocycles. The zero-order valence-electron chi connectivity index (χ0n) is 79.7. The third-order valence-corrected chi connectivity index (χ3v) is 23.5. The van der Waals surface area contributed by atoms with E-state index in [9.17, 15) is 57.3 Å². The van der Waals surface area contributed by atoms with Crippen molar-refractivity contribution in [2.45, 2.75) is 232 Å². The Morgan fingerprint density at radius 3 is 1.07 bits per heavy atom. The molecule has 6 N–H and O–H groups in total. The molecule has 3 aromatic heterocycles. The molecule has 7 atom stereocenters. The van der Waals surface area contributed by atoms with Crippen LogP contribution in [0.4, 0.5) is 30.2 Å². The van der Waals surface area contributed by atoms with Gasteiger partial charge in [0.1, 0.15) is 34.8 Å². The number of hydrogen-bond donors (Lipinski definition) is 6. The Morgan fingerprint density at radius 1 is 0.401 bits per heavy atom. The number of cyclic esters (lactones) is 1. The number of aliphatic hydroxyl groups is 3. The highest BCUT2D eigenvalue weighted by Gasteiger charge is 2.39. The summed E-state index contributed by atoms with van der Waals surface area (Å²) < 4.78 is 78.3. The zero-order valence-corrected chi connectivity index (χ0v) is 79.7. The first-order valence-corrected chi connectivity index (χ1v) is 47.0. The number of aliphatic hydroxyl groups excluding tert-OH is 3. The number of para-hydroxylation sites is 3. The average Bonchev–Trinajstić information content (AvgIpc) is 1.60. The number of rotatable bonds is 31. The first-order chi connectivity index (χ1) is 65.6. The molecule has 1 unspecified atom stereocenters. The van der Waals surface area contributed by atoms with E-state index in [4.69, 9.17) is 23.7 Å². The van der Waals surface area contributed by atoms with Crippen LogP contribution in [-0.2, 0) is 57.7 Å². The molecule has 2 saturated heterocycles. The molecule has 20 nitrogen and oxygen atoms in total. The molecule has 2 aliphatic heterocycles. The summed E-state index contributed by atoms with van der Waals surface area (Å²) in [5, 5.41) is 41.0. The quantitative estimate of drug-likeness (QED) is 0.0174. The lowest BCUT2D eigenvalue weighted by molar-refractivity contribution is -0.251. The van der Waals surface area contributed by atoms with Crippen molar-refractivity contribution in [1.29, 1.82) is 0 Å². The number of hydrogen-bond acceptors (Lipinski definition) is 14. The Bertz CT molecular complexity index is 6200. The molecule has 2 aliphatic rings. The number of nitrogens with one attached hydrogen (secondary N) is 3. The van der Waals surface area contributed by atoms with Gasteiger partial charge in [-0.1, -0.05) is 217 Å². The molecule has 5 heterocycles. The number of amides is 3. The van der Waals surface area contributed by atoms with Gasteiger partial charge < -0.3 is 68.7 Å². The molecule has 10 aromatic carbocycles. The van der Waals surface area contributed by atoms with Crippen LogP contribution in [0.3, 0.4) is 0 Å². The zero-order chi connectivity index (χ0) is 97.8. The van der Waals surface area contributed by atoms with Crippen LogP contribution >= 0.6 is 0 Å². The van der Waals surface area contributed by atoms with E-state index in [1.165, 1.54) is 36.4 Å². The van der Waals surface area contributed by atoms with Crippen molar-refractivity contribution in [2.24, 2.45) is 0 Å². The Hall–Kier alpha value is -13.6. The van der Waals surface area contributed by atoms with Crippen LogP contribution in [-0.4, -0.2) is 112 Å². The third kappa shape index (κ3) is 26.8. The van der Waals surface area contributed by atoms with Crippen LogP contribution in [0.5, 0.6) is 0 Å². The summed E-state index contributed by atoms with van der Waals surface area (Å²) >= 11 is 0. The van der Waals surface area contributed by atoms with E-state index < -0.39 is 60.0 Å². The minimum absolute atomic E-state index is 0.0000536. The van der Waals surface area contributed by atoms with Gasteiger partial charge in [0, 0.05) is 95.3 Å². The van der Waals surface area contributed by atoms with E-state index in [0.717, 1.165) is 84.2 Å². The summed E-state index contributed by atoms with van der Waals surface area (Å²) in [7, 11) is 0. The maximum atomic E-state index is 14.5. The maximum absolute atomic E-state index is 14.5. The molecular weight excluding hydrogens is 1730 g/mol. The highest BCUT2D eigenvalue weighted by molar-refractivity contribution is 6.15. The van der Waals surface area contributed by atoms with Crippen molar-refractivity contribution in [3.8, 4) is 67.2 Å². The van der Waals surface area contributed by atoms with Gasteiger partial charge in [0.15, 0.2) is 6.29 Å². The van der Waals surface area contributed by atoms with Crippen molar-refractivity contribution in [3.63, 3.8) is 0 Å². The van der Waals surface area contributed by atoms with Gasteiger partial charge in [-0.05, 0) is 221 Å². The number of esters is 3. The predicted molar refractivity (Wildman–Crippen MR) is 531 cm³/mol. The highest BCUT2D eigenvalue weighted by atomic mass is 19.1. The van der Waals surface area contributed by atoms with Crippen molar-refractivity contribution < 1.29 is 80.9 Å². The fourth-order valence-electron chi connectivity index (χ4n) is 18.0. The molecule has 0 aliphatic carbocycles. The van der Waals surface area contributed by atoms with E-state index in [1.807, 2.05) is 265 Å². The Morgan fingerprint density at radius 2 is 0.723 bits per heavy atom. The summed E-state index contributed by atoms with van der Waals surface area (Å²) in [6, 6.07) is 85.8. The van der Waals surface area contributed by atoms with E-state index in [1.54, 1.807) is 57.2 Å². The molecular formula is C114H123F3N6O14. The van der Waals surface area contributed by atoms with Gasteiger partial charge in [0.25, 0.3) is 17.7 Å². The standard InChI is InChI=1S/C44H47FN2O5.C37H43FN2O5.C33H33FN2O4/c1-29(2)40-39(42(49)46-34-19-13-8-14-20-34)38(30-15-9-6-10-16-30)41(31-21-23-33(45)24-22-31)47(40)26-25-35-27-36(28-37(48)52-44(3,4)5)51-43(50-35)32-17-11-7-12-18-32;1-24(2)34-33(36(44)39-28-14-10-7-11-15-28)32(25-12-8-6-9-13-25)35(26-16-18-27(38)19-17-26)40(34)21-20-29(41)22-30(42)23-31(43)45-37(3,4)5;1-21(2)31-30(33(39)35-25-11-7-4-8-12-25)29(22-9-5-3-6-10-22)32(23-13-15-24(34)16-14-23)36(31)18-17-27-19-26(37)20-28(38)40-27/h6-24,29,35-36,43H,25-28H2,1-5H3,(H,46,49);6-19,24,29-30,41-42H,20-23H2,1-5H3,(H,39,44);3-16,21,26-27,37H,17-20H2,1-2H3,(H,35,39)/t35-,36-,43-;29-,30?;26-,27-/m111/s1. The number of ether oxygens (including phenoxy) is 5. The lowest BCUT2D eigenvalue weighted by Gasteiger charge is -2.36. The molecule has 13 aromatic rings. The molecule has 3 amide bonds. The topological polar surface area (TPSA) is 260 Å². The van der Waals surface area contributed by atoms with Gasteiger partial charge in [-0.25, -0.2) is 13.2 Å². The lowest BCUT2D eigenvalue weighted by Crippen LogP contribution is -2.37. The first kappa shape index (κ1) is 101. The van der Waals surface area contributed by atoms with Crippen LogP contribution in [0.2, 0.25) is 0 Å². The normalized spacial score (nSPS) is 15.9. The molecule has 15 rings (SSSR count). The Balaban J connectivity index is 0.000000175. The third-order valence-electron chi connectivity index (χ3n) is 23.5. The van der Waals surface area contributed by atoms with Gasteiger partial charge in [0.2, 0.25) is 0 Å². The van der Waals surface area contributed by atoms with Crippen molar-refractivity contribution >= 4 is 52.7 Å². The summed E-state index contributed by atoms with van der Waals surface area (Å²) in [6.45, 7) is 24.3. The monoisotopic (exact) mass is 1860 g/mol. The van der Waals surface area contributed by atoms with Gasteiger partial charge >= 0.3 is 17.9 Å². The second-order valence-corrected chi connectivity index (χ2v) is 37.6. The van der Waals surface area contributed by atoms with Crippen molar-refractivity contribution in [1.82, 2.24) is 13.7 Å². The highest BCUT2D eigenvalue weighted by Crippen LogP contribution is 2.48. The van der Waals surface area contributed by atoms with Crippen LogP contribution in [0.25, 0.3) is 67.2 Å². The number of benzene rings is 10. The number of carbonyl (C=O) groups excluding carboxylic acids is 6. The van der Waals surface area contributed by atoms with Gasteiger partial charge in [-0.3, -0.25) is 28.8 Å². The number of nitrogens with zero attached hydrogens (tertiary/aromatic N) is 3. The van der Waals surface area contributed by atoms with Crippen LogP contribution in [0, 0.1) is 17.5 Å². The second kappa shape index (κ2) is 46.3. The van der Waals surface area contributed by atoms with E-state index in [-0.39, 0.29) is 97.1 Å². The van der Waals surface area contributed by atoms with Gasteiger partial charge in [0.05, 0.1) is 83.6 Å². The minimum Gasteiger partial charge on any atom is -0.462 e. The Labute approximate surface area is 800 Å². The van der Waals surface area contributed by atoms with E-state index >= 15 is 0 Å². The number of halogens is 3. The molecule has 23 heteroatoms. The lowest BCUT2D eigenvalue weighted by atomic mass is 9.94. The fourth-order valence-corrected chi connectivity index (χ4v) is 18.0. The van der Waals surface area contributed by atoms with Gasteiger partial charge in [-0.2, -0.15) is 0 Å². The van der Waals surface area contributed by atoms with Crippen molar-refractivity contribution in [3.05, 3.63) is 342 Å². The van der Waals surface area contributed by atoms with E-state index in [2.05, 4.69) is 38.9 Å². The molecule has 0 bridgehead atoms. The SMILES string of the molecule is CC(C)c1c(C(=O)Nc2ccccc2)c(-c2ccccc2)c(-c2ccc(F)cc2)n1CC[C@@H](O)CC(O)CC(=O)OC(C)(C)C.CC(C)c1c(C(=O)Nc2ccccc2)c(-c2ccccc2)c(-c2ccc(F)cc2)n1CC[C@@H]1C[C@@H](O)CC(=O)O1.CC(C)c1c(C(=O)Nc2ccccc2)c(-c2ccccc2)c(-c2ccc(F)cc2)n1CC[C@@H]1C[C@H](CC(=O)OC(C)(C)C)O[C@H](c2ccccc2)O1. The molecule has 137 heavy (non-hydrogen) atoms. The Kier molecular flexibility index (Phi) is 34.1. The van der Waals surface area contributed by atoms with E-state index in [0.29, 0.717) is 84.6 Å². The second-order valence-electron chi connectivity index (χ2n) is 37.6. The minimum atomic E-state index is -1.08. The summed E-state index contributed by atoms with van der Waals surface area (Å²) in [6.07, 6.45) is -2.58. The average molecular weight is 1860 g/mol. The van der Waals surface area contributed by atoms with Crippen LogP contribution in [0.15, 0.2) is 285 Å².